The van der Waals surface area contributed by atoms with Crippen LogP contribution in [0.5, 0.6) is 0 Å². The first kappa shape index (κ1) is 8.30. The molecule has 1 heterocycles. The molecule has 0 unspecified atom stereocenters. The van der Waals surface area contributed by atoms with E-state index in [1.54, 1.807) is 0 Å². The second-order valence-electron chi connectivity index (χ2n) is 3.67. The van der Waals surface area contributed by atoms with Crippen LogP contribution in [0.15, 0.2) is 18.2 Å². The summed E-state index contributed by atoms with van der Waals surface area (Å²) in [6.07, 6.45) is 1.96. The van der Waals surface area contributed by atoms with Gasteiger partial charge in [-0.3, -0.25) is 4.79 Å². The van der Waals surface area contributed by atoms with Gasteiger partial charge in [-0.25, -0.2) is 0 Å². The number of anilines is 1. The van der Waals surface area contributed by atoms with E-state index in [1.807, 2.05) is 18.2 Å². The lowest BCUT2D eigenvalue weighted by Gasteiger charge is -2.17. The van der Waals surface area contributed by atoms with E-state index in [0.717, 1.165) is 18.3 Å². The molecular weight excluding hydrogens is 162 g/mol. The minimum absolute atomic E-state index is 0.553. The van der Waals surface area contributed by atoms with Crippen LogP contribution in [0, 0.1) is 0 Å². The number of aldehydes is 1. The fourth-order valence-electron chi connectivity index (χ4n) is 1.88. The number of fused-ring (bicyclic) bond motifs is 1. The van der Waals surface area contributed by atoms with Crippen molar-refractivity contribution < 1.29 is 4.79 Å². The van der Waals surface area contributed by atoms with Crippen molar-refractivity contribution in [2.24, 2.45) is 0 Å². The van der Waals surface area contributed by atoms with Gasteiger partial charge in [0.25, 0.3) is 0 Å². The van der Waals surface area contributed by atoms with Crippen molar-refractivity contribution in [1.82, 2.24) is 0 Å². The van der Waals surface area contributed by atoms with Crippen molar-refractivity contribution in [3.05, 3.63) is 29.3 Å². The SMILES string of the molecule is C[C@@H]1Cc2cc(C=O)ccc2N1C. The van der Waals surface area contributed by atoms with Crippen molar-refractivity contribution in [3.63, 3.8) is 0 Å². The lowest BCUT2D eigenvalue weighted by molar-refractivity contribution is 0.112. The second kappa shape index (κ2) is 2.87. The molecule has 13 heavy (non-hydrogen) atoms. The molecule has 2 rings (SSSR count). The molecule has 1 aromatic carbocycles. The summed E-state index contributed by atoms with van der Waals surface area (Å²) >= 11 is 0. The second-order valence-corrected chi connectivity index (χ2v) is 3.67. The molecule has 0 radical (unpaired) electrons. The normalized spacial score (nSPS) is 20.2. The van der Waals surface area contributed by atoms with Crippen LogP contribution in [0.3, 0.4) is 0 Å². The van der Waals surface area contributed by atoms with E-state index in [4.69, 9.17) is 0 Å². The Morgan fingerprint density at radius 1 is 1.54 bits per heavy atom. The monoisotopic (exact) mass is 175 g/mol. The predicted octanol–water partition coefficient (Wildman–Crippen LogP) is 1.88. The Hall–Kier alpha value is -1.31. The van der Waals surface area contributed by atoms with Crippen molar-refractivity contribution >= 4 is 12.0 Å². The smallest absolute Gasteiger partial charge is 0.150 e. The third kappa shape index (κ3) is 1.22. The van der Waals surface area contributed by atoms with E-state index in [2.05, 4.69) is 18.9 Å². The Morgan fingerprint density at radius 2 is 2.31 bits per heavy atom. The minimum atomic E-state index is 0.553. The molecule has 1 aliphatic rings. The Morgan fingerprint density at radius 3 is 3.00 bits per heavy atom. The molecule has 1 aromatic rings. The van der Waals surface area contributed by atoms with E-state index < -0.39 is 0 Å². The molecule has 2 heteroatoms. The van der Waals surface area contributed by atoms with Gasteiger partial charge in [-0.2, -0.15) is 0 Å². The third-order valence-electron chi connectivity index (χ3n) is 2.80. The number of nitrogens with zero attached hydrogens (tertiary/aromatic N) is 1. The van der Waals surface area contributed by atoms with Crippen LogP contribution in [0.4, 0.5) is 5.69 Å². The summed E-state index contributed by atoms with van der Waals surface area (Å²) in [5.74, 6) is 0. The fraction of sp³-hybridized carbons (Fsp3) is 0.364. The van der Waals surface area contributed by atoms with Gasteiger partial charge in [0.1, 0.15) is 6.29 Å². The third-order valence-corrected chi connectivity index (χ3v) is 2.80. The highest BCUT2D eigenvalue weighted by atomic mass is 16.1. The highest BCUT2D eigenvalue weighted by Crippen LogP contribution is 2.30. The largest absolute Gasteiger partial charge is 0.371 e. The van der Waals surface area contributed by atoms with Gasteiger partial charge in [0.05, 0.1) is 0 Å². The quantitative estimate of drug-likeness (QED) is 0.607. The maximum atomic E-state index is 10.6. The Balaban J connectivity index is 2.46. The summed E-state index contributed by atoms with van der Waals surface area (Å²) in [6, 6.07) is 6.45. The average molecular weight is 175 g/mol. The van der Waals surface area contributed by atoms with E-state index in [-0.39, 0.29) is 0 Å². The predicted molar refractivity (Wildman–Crippen MR) is 53.4 cm³/mol. The zero-order valence-electron chi connectivity index (χ0n) is 7.95. The highest BCUT2D eigenvalue weighted by Gasteiger charge is 2.22. The van der Waals surface area contributed by atoms with Gasteiger partial charge in [0, 0.05) is 24.3 Å². The van der Waals surface area contributed by atoms with E-state index in [1.165, 1.54) is 11.3 Å². The molecule has 1 atom stereocenters. The van der Waals surface area contributed by atoms with Gasteiger partial charge >= 0.3 is 0 Å². The number of carbonyl (C=O) groups is 1. The number of likely N-dealkylation sites (N-methyl/N-ethyl adjacent to an activating group) is 1. The zero-order chi connectivity index (χ0) is 9.42. The first-order valence-electron chi connectivity index (χ1n) is 4.53. The summed E-state index contributed by atoms with van der Waals surface area (Å²) in [4.78, 5) is 12.8. The van der Waals surface area contributed by atoms with E-state index >= 15 is 0 Å². The summed E-state index contributed by atoms with van der Waals surface area (Å²) in [6.45, 7) is 2.20. The Bertz CT molecular complexity index is 346. The number of hydrogen-bond donors (Lipinski definition) is 0. The molecule has 0 N–H and O–H groups in total. The molecule has 0 aliphatic carbocycles. The summed E-state index contributed by atoms with van der Waals surface area (Å²) in [5.41, 5.74) is 3.33. The molecule has 0 saturated carbocycles. The van der Waals surface area contributed by atoms with Crippen molar-refractivity contribution in [2.75, 3.05) is 11.9 Å². The number of hydrogen-bond acceptors (Lipinski definition) is 2. The van der Waals surface area contributed by atoms with E-state index in [0.29, 0.717) is 6.04 Å². The maximum Gasteiger partial charge on any atom is 0.150 e. The van der Waals surface area contributed by atoms with Gasteiger partial charge in [0.2, 0.25) is 0 Å². The van der Waals surface area contributed by atoms with E-state index in [9.17, 15) is 4.79 Å². The van der Waals surface area contributed by atoms with Crippen molar-refractivity contribution in [1.29, 1.82) is 0 Å². The van der Waals surface area contributed by atoms with Gasteiger partial charge in [-0.05, 0) is 37.1 Å². The first-order chi connectivity index (χ1) is 6.22. The summed E-state index contributed by atoms with van der Waals surface area (Å²) in [7, 11) is 2.09. The number of benzene rings is 1. The molecule has 68 valence electrons. The molecule has 0 saturated heterocycles. The standard InChI is InChI=1S/C11H13NO/c1-8-5-10-6-9(7-13)3-4-11(10)12(8)2/h3-4,6-8H,5H2,1-2H3/t8-/m1/s1. The van der Waals surface area contributed by atoms with Gasteiger partial charge < -0.3 is 4.90 Å². The van der Waals surface area contributed by atoms with Crippen LogP contribution in [0.1, 0.15) is 22.8 Å². The van der Waals surface area contributed by atoms with Gasteiger partial charge in [-0.15, -0.1) is 0 Å². The van der Waals surface area contributed by atoms with Crippen LogP contribution in [0.25, 0.3) is 0 Å². The molecule has 0 fully saturated rings. The van der Waals surface area contributed by atoms with Crippen LogP contribution in [-0.2, 0) is 6.42 Å². The lowest BCUT2D eigenvalue weighted by Crippen LogP contribution is -2.23. The average Bonchev–Trinajstić information content (AvgIpc) is 2.42. The molecular formula is C11H13NO. The molecule has 0 spiro atoms. The van der Waals surface area contributed by atoms with Crippen LogP contribution in [-0.4, -0.2) is 19.4 Å². The topological polar surface area (TPSA) is 20.3 Å². The maximum absolute atomic E-state index is 10.6. The fourth-order valence-corrected chi connectivity index (χ4v) is 1.88. The molecule has 0 amide bonds. The highest BCUT2D eigenvalue weighted by molar-refractivity contribution is 5.77. The molecule has 0 aromatic heterocycles. The van der Waals surface area contributed by atoms with Crippen LogP contribution >= 0.6 is 0 Å². The Kier molecular flexibility index (Phi) is 1.83. The van der Waals surface area contributed by atoms with Crippen LogP contribution < -0.4 is 4.90 Å². The summed E-state index contributed by atoms with van der Waals surface area (Å²) < 4.78 is 0. The zero-order valence-corrected chi connectivity index (χ0v) is 7.95. The number of rotatable bonds is 1. The molecule has 1 aliphatic heterocycles. The van der Waals surface area contributed by atoms with Crippen molar-refractivity contribution in [3.8, 4) is 0 Å². The Labute approximate surface area is 78.2 Å². The lowest BCUT2D eigenvalue weighted by atomic mass is 10.1. The van der Waals surface area contributed by atoms with Gasteiger partial charge in [0.15, 0.2) is 0 Å². The van der Waals surface area contributed by atoms with Crippen molar-refractivity contribution in [2.45, 2.75) is 19.4 Å². The number of carbonyl (C=O) groups excluding carboxylic acids is 1. The van der Waals surface area contributed by atoms with Gasteiger partial charge in [-0.1, -0.05) is 0 Å². The summed E-state index contributed by atoms with van der Waals surface area (Å²) in [5, 5.41) is 0. The first-order valence-corrected chi connectivity index (χ1v) is 4.53. The molecule has 2 nitrogen and oxygen atoms in total. The minimum Gasteiger partial charge on any atom is -0.371 e. The van der Waals surface area contributed by atoms with Crippen LogP contribution in [0.2, 0.25) is 0 Å². The molecule has 0 bridgehead atoms.